The standard InChI is InChI=1S/C26H28O4/c1-4-10-22(11-5-1)26(23-12-6-2-7-13-23,24-14-8-3-9-15-24)30-19-18-27-16-17-28-20-25-21-29-25/h1-15,25H,16-21H2. The molecule has 0 N–H and O–H groups in total. The highest BCUT2D eigenvalue weighted by molar-refractivity contribution is 5.47. The lowest BCUT2D eigenvalue weighted by Crippen LogP contribution is -2.34. The highest BCUT2D eigenvalue weighted by Crippen LogP contribution is 2.40. The maximum absolute atomic E-state index is 6.66. The molecule has 1 heterocycles. The van der Waals surface area contributed by atoms with E-state index >= 15 is 0 Å². The number of rotatable bonds is 12. The van der Waals surface area contributed by atoms with E-state index in [4.69, 9.17) is 18.9 Å². The van der Waals surface area contributed by atoms with Gasteiger partial charge >= 0.3 is 0 Å². The lowest BCUT2D eigenvalue weighted by molar-refractivity contribution is -0.0339. The Kier molecular flexibility index (Phi) is 7.27. The molecular formula is C26H28O4. The number of hydrogen-bond acceptors (Lipinski definition) is 4. The average Bonchev–Trinajstić information content (AvgIpc) is 3.65. The molecule has 1 aliphatic rings. The van der Waals surface area contributed by atoms with Gasteiger partial charge in [0.15, 0.2) is 0 Å². The molecule has 0 spiro atoms. The largest absolute Gasteiger partial charge is 0.377 e. The van der Waals surface area contributed by atoms with Gasteiger partial charge in [-0.15, -0.1) is 0 Å². The summed E-state index contributed by atoms with van der Waals surface area (Å²) in [6.45, 7) is 3.54. The SMILES string of the molecule is c1ccc(C(OCCOCCOCC2CO2)(c2ccccc2)c2ccccc2)cc1. The molecular weight excluding hydrogens is 376 g/mol. The summed E-state index contributed by atoms with van der Waals surface area (Å²) in [7, 11) is 0. The van der Waals surface area contributed by atoms with E-state index in [-0.39, 0.29) is 6.10 Å². The van der Waals surface area contributed by atoms with Crippen LogP contribution in [0.15, 0.2) is 91.0 Å². The van der Waals surface area contributed by atoms with Crippen molar-refractivity contribution in [2.75, 3.05) is 39.6 Å². The molecule has 0 aliphatic carbocycles. The Morgan fingerprint density at radius 1 is 0.633 bits per heavy atom. The Bertz CT molecular complexity index is 767. The van der Waals surface area contributed by atoms with Crippen LogP contribution in [0.2, 0.25) is 0 Å². The first kappa shape index (κ1) is 20.8. The van der Waals surface area contributed by atoms with Crippen molar-refractivity contribution in [2.24, 2.45) is 0 Å². The Balaban J connectivity index is 1.49. The summed E-state index contributed by atoms with van der Waals surface area (Å²) in [5.41, 5.74) is 2.58. The highest BCUT2D eigenvalue weighted by Gasteiger charge is 2.37. The molecule has 30 heavy (non-hydrogen) atoms. The molecule has 0 aromatic heterocycles. The number of hydrogen-bond donors (Lipinski definition) is 0. The van der Waals surface area contributed by atoms with E-state index in [0.29, 0.717) is 33.0 Å². The summed E-state index contributed by atoms with van der Waals surface area (Å²) in [5, 5.41) is 0. The summed E-state index contributed by atoms with van der Waals surface area (Å²) >= 11 is 0. The zero-order valence-corrected chi connectivity index (χ0v) is 17.1. The number of benzene rings is 3. The molecule has 4 nitrogen and oxygen atoms in total. The maximum Gasteiger partial charge on any atom is 0.143 e. The first-order valence-corrected chi connectivity index (χ1v) is 10.5. The summed E-state index contributed by atoms with van der Waals surface area (Å²) < 4.78 is 23.1. The fraction of sp³-hybridized carbons (Fsp3) is 0.308. The Morgan fingerprint density at radius 3 is 1.53 bits per heavy atom. The molecule has 0 radical (unpaired) electrons. The number of epoxide rings is 1. The molecule has 1 unspecified atom stereocenters. The molecule has 0 saturated carbocycles. The van der Waals surface area contributed by atoms with Crippen molar-refractivity contribution in [3.05, 3.63) is 108 Å². The third-order valence-corrected chi connectivity index (χ3v) is 5.17. The first-order chi connectivity index (χ1) is 14.9. The van der Waals surface area contributed by atoms with Crippen LogP contribution in [-0.2, 0) is 24.5 Å². The lowest BCUT2D eigenvalue weighted by Gasteiger charge is -2.36. The average molecular weight is 405 g/mol. The summed E-state index contributed by atoms with van der Waals surface area (Å²) in [6, 6.07) is 31.1. The summed E-state index contributed by atoms with van der Waals surface area (Å²) in [4.78, 5) is 0. The zero-order chi connectivity index (χ0) is 20.5. The third-order valence-electron chi connectivity index (χ3n) is 5.17. The van der Waals surface area contributed by atoms with Crippen LogP contribution < -0.4 is 0 Å². The van der Waals surface area contributed by atoms with E-state index in [9.17, 15) is 0 Å². The predicted molar refractivity (Wildman–Crippen MR) is 117 cm³/mol. The summed E-state index contributed by atoms with van der Waals surface area (Å²) in [6.07, 6.45) is 0.288. The lowest BCUT2D eigenvalue weighted by atomic mass is 9.80. The van der Waals surface area contributed by atoms with Gasteiger partial charge in [-0.05, 0) is 16.7 Å². The van der Waals surface area contributed by atoms with Gasteiger partial charge in [0, 0.05) is 0 Å². The molecule has 3 aromatic carbocycles. The second kappa shape index (κ2) is 10.5. The second-order valence-corrected chi connectivity index (χ2v) is 7.27. The van der Waals surface area contributed by atoms with Crippen molar-refractivity contribution in [3.8, 4) is 0 Å². The molecule has 4 heteroatoms. The molecule has 1 aliphatic heterocycles. The Morgan fingerprint density at radius 2 is 1.07 bits per heavy atom. The van der Waals surface area contributed by atoms with E-state index in [1.54, 1.807) is 0 Å². The quantitative estimate of drug-likeness (QED) is 0.254. The van der Waals surface area contributed by atoms with Crippen LogP contribution in [0, 0.1) is 0 Å². The van der Waals surface area contributed by atoms with Gasteiger partial charge in [0.05, 0.1) is 39.6 Å². The van der Waals surface area contributed by atoms with Gasteiger partial charge in [0.2, 0.25) is 0 Å². The zero-order valence-electron chi connectivity index (χ0n) is 17.1. The molecule has 1 saturated heterocycles. The van der Waals surface area contributed by atoms with Gasteiger partial charge in [0.1, 0.15) is 11.7 Å². The van der Waals surface area contributed by atoms with E-state index in [1.165, 1.54) is 0 Å². The molecule has 4 rings (SSSR count). The van der Waals surface area contributed by atoms with Gasteiger partial charge in [-0.3, -0.25) is 0 Å². The van der Waals surface area contributed by atoms with Crippen LogP contribution in [-0.4, -0.2) is 45.7 Å². The number of ether oxygens (including phenoxy) is 4. The minimum Gasteiger partial charge on any atom is -0.377 e. The highest BCUT2D eigenvalue weighted by atomic mass is 16.6. The van der Waals surface area contributed by atoms with Crippen LogP contribution in [0.4, 0.5) is 0 Å². The van der Waals surface area contributed by atoms with Crippen LogP contribution in [0.5, 0.6) is 0 Å². The van der Waals surface area contributed by atoms with Gasteiger partial charge < -0.3 is 18.9 Å². The fourth-order valence-corrected chi connectivity index (χ4v) is 3.62. The van der Waals surface area contributed by atoms with Crippen LogP contribution in [0.3, 0.4) is 0 Å². The van der Waals surface area contributed by atoms with E-state index in [2.05, 4.69) is 72.8 Å². The van der Waals surface area contributed by atoms with E-state index < -0.39 is 5.60 Å². The molecule has 0 amide bonds. The second-order valence-electron chi connectivity index (χ2n) is 7.27. The normalized spacial score (nSPS) is 15.8. The van der Waals surface area contributed by atoms with Crippen molar-refractivity contribution in [2.45, 2.75) is 11.7 Å². The minimum atomic E-state index is -0.701. The van der Waals surface area contributed by atoms with Crippen LogP contribution in [0.25, 0.3) is 0 Å². The van der Waals surface area contributed by atoms with Gasteiger partial charge in [-0.1, -0.05) is 91.0 Å². The predicted octanol–water partition coefficient (Wildman–Crippen LogP) is 4.43. The van der Waals surface area contributed by atoms with E-state index in [1.807, 2.05) is 18.2 Å². The Labute approximate surface area is 178 Å². The van der Waals surface area contributed by atoms with Crippen LogP contribution >= 0.6 is 0 Å². The fourth-order valence-electron chi connectivity index (χ4n) is 3.62. The molecule has 156 valence electrons. The van der Waals surface area contributed by atoms with E-state index in [0.717, 1.165) is 23.3 Å². The maximum atomic E-state index is 6.66. The first-order valence-electron chi connectivity index (χ1n) is 10.5. The third kappa shape index (κ3) is 5.15. The summed E-state index contributed by atoms with van der Waals surface area (Å²) in [5.74, 6) is 0. The smallest absolute Gasteiger partial charge is 0.143 e. The Hall–Kier alpha value is -2.50. The van der Waals surface area contributed by atoms with Crippen molar-refractivity contribution >= 4 is 0 Å². The van der Waals surface area contributed by atoms with Crippen LogP contribution in [0.1, 0.15) is 16.7 Å². The van der Waals surface area contributed by atoms with Gasteiger partial charge in [0.25, 0.3) is 0 Å². The van der Waals surface area contributed by atoms with Crippen molar-refractivity contribution in [3.63, 3.8) is 0 Å². The van der Waals surface area contributed by atoms with Crippen molar-refractivity contribution < 1.29 is 18.9 Å². The topological polar surface area (TPSA) is 40.2 Å². The molecule has 0 bridgehead atoms. The monoisotopic (exact) mass is 404 g/mol. The molecule has 1 atom stereocenters. The molecule has 1 fully saturated rings. The van der Waals surface area contributed by atoms with Crippen molar-refractivity contribution in [1.82, 2.24) is 0 Å². The molecule has 3 aromatic rings. The minimum absolute atomic E-state index is 0.288. The van der Waals surface area contributed by atoms with Gasteiger partial charge in [-0.25, -0.2) is 0 Å². The van der Waals surface area contributed by atoms with Gasteiger partial charge in [-0.2, -0.15) is 0 Å². The van der Waals surface area contributed by atoms with Crippen molar-refractivity contribution in [1.29, 1.82) is 0 Å².